The van der Waals surface area contributed by atoms with Crippen LogP contribution < -0.4 is 0 Å². The van der Waals surface area contributed by atoms with Crippen molar-refractivity contribution in [2.45, 2.75) is 110 Å². The topological polar surface area (TPSA) is 44.8 Å². The molecule has 0 bridgehead atoms. The predicted octanol–water partition coefficient (Wildman–Crippen LogP) is 6.99. The van der Waals surface area contributed by atoms with Crippen LogP contribution in [-0.2, 0) is 19.0 Å². The lowest BCUT2D eigenvalue weighted by Gasteiger charge is -2.26. The molecule has 4 nitrogen and oxygen atoms in total. The Hall–Kier alpha value is -1.13. The number of carbonyl (C=O) groups is 1. The summed E-state index contributed by atoms with van der Waals surface area (Å²) in [5, 5.41) is 0. The van der Waals surface area contributed by atoms with E-state index in [0.717, 1.165) is 43.9 Å². The molecule has 1 aliphatic carbocycles. The number of esters is 1. The minimum Gasteiger partial charge on any atom is -0.467 e. The fourth-order valence-electron chi connectivity index (χ4n) is 4.77. The molecule has 0 aromatic carbocycles. The van der Waals surface area contributed by atoms with Crippen molar-refractivity contribution in [3.63, 3.8) is 0 Å². The summed E-state index contributed by atoms with van der Waals surface area (Å²) in [5.41, 5.74) is 0. The molecule has 31 heavy (non-hydrogen) atoms. The molecule has 1 saturated carbocycles. The summed E-state index contributed by atoms with van der Waals surface area (Å²) in [7, 11) is 1.43. The minimum absolute atomic E-state index is 0.266. The first-order chi connectivity index (χ1) is 15.1. The van der Waals surface area contributed by atoms with Gasteiger partial charge < -0.3 is 14.2 Å². The van der Waals surface area contributed by atoms with Gasteiger partial charge in [0.1, 0.15) is 0 Å². The van der Waals surface area contributed by atoms with Crippen LogP contribution in [0.5, 0.6) is 0 Å². The second-order valence-corrected chi connectivity index (χ2v) is 9.44. The summed E-state index contributed by atoms with van der Waals surface area (Å²) in [6.07, 6.45) is 23.6. The predicted molar refractivity (Wildman–Crippen MR) is 127 cm³/mol. The summed E-state index contributed by atoms with van der Waals surface area (Å²) in [6, 6.07) is 0. The van der Waals surface area contributed by atoms with E-state index in [-0.39, 0.29) is 12.3 Å². The molecule has 4 heteroatoms. The normalized spacial score (nSPS) is 26.5. The van der Waals surface area contributed by atoms with Crippen molar-refractivity contribution in [1.82, 2.24) is 0 Å². The van der Waals surface area contributed by atoms with Crippen LogP contribution in [0.4, 0.5) is 0 Å². The molecule has 0 amide bonds. The van der Waals surface area contributed by atoms with Gasteiger partial charge in [0.05, 0.1) is 7.11 Å². The Morgan fingerprint density at radius 2 is 1.97 bits per heavy atom. The minimum atomic E-state index is -0.533. The van der Waals surface area contributed by atoms with Gasteiger partial charge in [0, 0.05) is 6.61 Å². The zero-order chi connectivity index (χ0) is 22.3. The highest BCUT2D eigenvalue weighted by molar-refractivity contribution is 5.74. The van der Waals surface area contributed by atoms with Crippen LogP contribution in [0.2, 0.25) is 0 Å². The van der Waals surface area contributed by atoms with E-state index in [0.29, 0.717) is 18.9 Å². The molecule has 2 fully saturated rings. The fourth-order valence-corrected chi connectivity index (χ4v) is 4.77. The third-order valence-electron chi connectivity index (χ3n) is 6.79. The maximum atomic E-state index is 12.1. The van der Waals surface area contributed by atoms with Gasteiger partial charge in [-0.15, -0.1) is 0 Å². The summed E-state index contributed by atoms with van der Waals surface area (Å²) in [6.45, 7) is 5.34. The van der Waals surface area contributed by atoms with Crippen LogP contribution in [-0.4, -0.2) is 32.1 Å². The van der Waals surface area contributed by atoms with Crippen LogP contribution in [0.15, 0.2) is 24.3 Å². The van der Waals surface area contributed by atoms with Crippen LogP contribution in [0.3, 0.4) is 0 Å². The number of carbonyl (C=O) groups excluding carboxylic acids is 1. The van der Waals surface area contributed by atoms with E-state index in [1.807, 2.05) is 0 Å². The molecule has 2 aliphatic rings. The Morgan fingerprint density at radius 3 is 2.71 bits per heavy atom. The van der Waals surface area contributed by atoms with Gasteiger partial charge in [-0.05, 0) is 75.5 Å². The number of unbranched alkanes of at least 4 members (excludes halogenated alkanes) is 2. The Bertz CT molecular complexity index is 535. The molecule has 0 aromatic heterocycles. The smallest absolute Gasteiger partial charge is 0.335 e. The Morgan fingerprint density at radius 1 is 1.10 bits per heavy atom. The summed E-state index contributed by atoms with van der Waals surface area (Å²) in [4.78, 5) is 12.1. The maximum absolute atomic E-state index is 12.1. The quantitative estimate of drug-likeness (QED) is 0.168. The van der Waals surface area contributed by atoms with Crippen LogP contribution in [0, 0.1) is 17.8 Å². The molecule has 5 atom stereocenters. The van der Waals surface area contributed by atoms with Gasteiger partial charge in [-0.25, -0.2) is 4.79 Å². The van der Waals surface area contributed by atoms with Gasteiger partial charge in [-0.2, -0.15) is 0 Å². The SMILES string of the molecule is CCCCCC(C)C=C[C@H]1CCC[C@@H]1CC=CCCC(OC1CCCCO1)C(=O)OC. The molecule has 1 saturated heterocycles. The maximum Gasteiger partial charge on any atom is 0.335 e. The highest BCUT2D eigenvalue weighted by Gasteiger charge is 2.26. The van der Waals surface area contributed by atoms with Crippen LogP contribution >= 0.6 is 0 Å². The molecule has 0 spiro atoms. The van der Waals surface area contributed by atoms with Crippen molar-refractivity contribution in [2.75, 3.05) is 13.7 Å². The molecule has 0 aromatic rings. The van der Waals surface area contributed by atoms with Crippen LogP contribution in [0.25, 0.3) is 0 Å². The van der Waals surface area contributed by atoms with Gasteiger partial charge >= 0.3 is 5.97 Å². The Kier molecular flexibility index (Phi) is 13.2. The average Bonchev–Trinajstić information content (AvgIpc) is 3.24. The van der Waals surface area contributed by atoms with E-state index in [1.165, 1.54) is 52.1 Å². The zero-order valence-corrected chi connectivity index (χ0v) is 20.2. The molecular formula is C27H46O4. The number of rotatable bonds is 14. The molecule has 1 heterocycles. The third kappa shape index (κ3) is 10.4. The standard InChI is InChI=1S/C27H46O4/c1-4-5-7-13-22(2)19-20-24-16-12-15-23(24)14-8-6-9-17-25(27(28)29-3)31-26-18-10-11-21-30-26/h6,8,19-20,22-26H,4-5,7,9-18,21H2,1-3H3/t22?,23-,24+,25?,26?/m0/s1. The highest BCUT2D eigenvalue weighted by Crippen LogP contribution is 2.35. The molecule has 0 radical (unpaired) electrons. The lowest BCUT2D eigenvalue weighted by atomic mass is 9.90. The highest BCUT2D eigenvalue weighted by atomic mass is 16.7. The zero-order valence-electron chi connectivity index (χ0n) is 20.2. The summed E-state index contributed by atoms with van der Waals surface area (Å²) in [5.74, 6) is 1.90. The largest absolute Gasteiger partial charge is 0.467 e. The number of methoxy groups -OCH3 is 1. The molecule has 1 aliphatic heterocycles. The molecular weight excluding hydrogens is 388 g/mol. The lowest BCUT2D eigenvalue weighted by molar-refractivity contribution is -0.203. The van der Waals surface area contributed by atoms with E-state index in [4.69, 9.17) is 14.2 Å². The monoisotopic (exact) mass is 434 g/mol. The van der Waals surface area contributed by atoms with Gasteiger partial charge in [0.15, 0.2) is 12.4 Å². The fraction of sp³-hybridized carbons (Fsp3) is 0.815. The van der Waals surface area contributed by atoms with E-state index in [2.05, 4.69) is 38.2 Å². The first-order valence-electron chi connectivity index (χ1n) is 12.8. The van der Waals surface area contributed by atoms with Gasteiger partial charge in [-0.1, -0.05) is 63.8 Å². The molecule has 0 N–H and O–H groups in total. The second kappa shape index (κ2) is 15.6. The molecule has 178 valence electrons. The summed E-state index contributed by atoms with van der Waals surface area (Å²) >= 11 is 0. The number of ether oxygens (including phenoxy) is 3. The number of hydrogen-bond donors (Lipinski definition) is 0. The first kappa shape index (κ1) is 26.1. The molecule has 3 unspecified atom stereocenters. The second-order valence-electron chi connectivity index (χ2n) is 9.44. The van der Waals surface area contributed by atoms with E-state index in [9.17, 15) is 4.79 Å². The Labute approximate surface area is 190 Å². The van der Waals surface area contributed by atoms with Crippen molar-refractivity contribution in [3.05, 3.63) is 24.3 Å². The van der Waals surface area contributed by atoms with E-state index in [1.54, 1.807) is 0 Å². The van der Waals surface area contributed by atoms with Crippen LogP contribution in [0.1, 0.15) is 97.3 Å². The van der Waals surface area contributed by atoms with Gasteiger partial charge in [-0.3, -0.25) is 0 Å². The van der Waals surface area contributed by atoms with E-state index < -0.39 is 6.10 Å². The third-order valence-corrected chi connectivity index (χ3v) is 6.79. The average molecular weight is 435 g/mol. The van der Waals surface area contributed by atoms with Crippen molar-refractivity contribution < 1.29 is 19.0 Å². The lowest BCUT2D eigenvalue weighted by Crippen LogP contribution is -2.33. The Balaban J connectivity index is 1.71. The van der Waals surface area contributed by atoms with Gasteiger partial charge in [0.2, 0.25) is 0 Å². The summed E-state index contributed by atoms with van der Waals surface area (Å²) < 4.78 is 16.4. The molecule has 2 rings (SSSR count). The van der Waals surface area contributed by atoms with Crippen molar-refractivity contribution in [1.29, 1.82) is 0 Å². The number of allylic oxidation sites excluding steroid dienone is 4. The first-order valence-corrected chi connectivity index (χ1v) is 12.8. The van der Waals surface area contributed by atoms with Gasteiger partial charge in [0.25, 0.3) is 0 Å². The van der Waals surface area contributed by atoms with Crippen molar-refractivity contribution >= 4 is 5.97 Å². The van der Waals surface area contributed by atoms with Crippen molar-refractivity contribution in [3.8, 4) is 0 Å². The van der Waals surface area contributed by atoms with Crippen molar-refractivity contribution in [2.24, 2.45) is 17.8 Å². The number of hydrogen-bond acceptors (Lipinski definition) is 4. The van der Waals surface area contributed by atoms with E-state index >= 15 is 0 Å².